The fraction of sp³-hybridized carbons (Fsp3) is 0.417. The van der Waals surface area contributed by atoms with Crippen LogP contribution in [0, 0.1) is 10.1 Å². The summed E-state index contributed by atoms with van der Waals surface area (Å²) in [6.45, 7) is 1.55. The molecule has 0 heterocycles. The van der Waals surface area contributed by atoms with E-state index < -0.39 is 4.92 Å². The van der Waals surface area contributed by atoms with E-state index in [2.05, 4.69) is 10.6 Å². The van der Waals surface area contributed by atoms with Gasteiger partial charge in [-0.3, -0.25) is 10.1 Å². The largest absolute Gasteiger partial charge is 0.494 e. The number of ether oxygens (including phenoxy) is 1. The molecule has 0 radical (unpaired) electrons. The van der Waals surface area contributed by atoms with Crippen molar-refractivity contribution >= 4 is 28.7 Å². The number of nitro benzene ring substituents is 1. The lowest BCUT2D eigenvalue weighted by atomic mass is 10.2. The molecule has 0 aromatic heterocycles. The van der Waals surface area contributed by atoms with E-state index in [1.54, 1.807) is 6.07 Å². The summed E-state index contributed by atoms with van der Waals surface area (Å²) in [4.78, 5) is 12.3. The first-order chi connectivity index (χ1) is 9.43. The molecule has 20 heavy (non-hydrogen) atoms. The Balaban J connectivity index is 2.67. The first kappa shape index (κ1) is 16.1. The molecule has 1 aromatic rings. The number of rotatable bonds is 6. The number of nitrogens with one attached hydrogen (secondary N) is 2. The zero-order chi connectivity index (χ0) is 15.1. The summed E-state index contributed by atoms with van der Waals surface area (Å²) in [6, 6.07) is 4.31. The third kappa shape index (κ3) is 4.98. The Morgan fingerprint density at radius 3 is 2.75 bits per heavy atom. The van der Waals surface area contributed by atoms with E-state index >= 15 is 0 Å². The lowest BCUT2D eigenvalue weighted by Gasteiger charge is -2.15. The Kier molecular flexibility index (Phi) is 6.13. The average Bonchev–Trinajstić information content (AvgIpc) is 2.38. The molecule has 0 aliphatic rings. The van der Waals surface area contributed by atoms with Gasteiger partial charge in [0.05, 0.1) is 23.8 Å². The van der Waals surface area contributed by atoms with E-state index in [0.29, 0.717) is 23.1 Å². The van der Waals surface area contributed by atoms with Crippen LogP contribution in [0.4, 0.5) is 11.4 Å². The predicted molar refractivity (Wildman–Crippen MR) is 82.4 cm³/mol. The fourth-order valence-corrected chi connectivity index (χ4v) is 1.67. The van der Waals surface area contributed by atoms with Crippen molar-refractivity contribution in [1.82, 2.24) is 10.2 Å². The first-order valence-electron chi connectivity index (χ1n) is 5.96. The van der Waals surface area contributed by atoms with Crippen LogP contribution in [0.2, 0.25) is 0 Å². The van der Waals surface area contributed by atoms with E-state index in [4.69, 9.17) is 17.0 Å². The lowest BCUT2D eigenvalue weighted by molar-refractivity contribution is -0.384. The SMILES string of the molecule is COc1cc([N+](=O)[O-])ccc1NC(=S)NCCN(C)C. The second kappa shape index (κ2) is 7.61. The highest BCUT2D eigenvalue weighted by Crippen LogP contribution is 2.28. The molecule has 1 aromatic carbocycles. The molecule has 1 rings (SSSR count). The van der Waals surface area contributed by atoms with Gasteiger partial charge in [0.15, 0.2) is 5.11 Å². The second-order valence-corrected chi connectivity index (χ2v) is 4.73. The molecular weight excluding hydrogens is 280 g/mol. The zero-order valence-corrected chi connectivity index (χ0v) is 12.5. The highest BCUT2D eigenvalue weighted by atomic mass is 32.1. The number of thiocarbonyl (C=S) groups is 1. The van der Waals surface area contributed by atoms with E-state index in [1.165, 1.54) is 19.2 Å². The highest BCUT2D eigenvalue weighted by molar-refractivity contribution is 7.80. The molecule has 0 unspecified atom stereocenters. The van der Waals surface area contributed by atoms with Gasteiger partial charge in [-0.15, -0.1) is 0 Å². The maximum atomic E-state index is 10.7. The standard InChI is InChI=1S/C12H18N4O3S/c1-15(2)7-6-13-12(20)14-10-5-4-9(16(17)18)8-11(10)19-3/h4-5,8H,6-7H2,1-3H3,(H2,13,14,20). The molecule has 8 heteroatoms. The monoisotopic (exact) mass is 298 g/mol. The summed E-state index contributed by atoms with van der Waals surface area (Å²) >= 11 is 5.15. The Bertz CT molecular complexity index is 494. The normalized spacial score (nSPS) is 10.2. The van der Waals surface area contributed by atoms with Crippen LogP contribution in [-0.4, -0.2) is 49.2 Å². The van der Waals surface area contributed by atoms with Crippen molar-refractivity contribution in [1.29, 1.82) is 0 Å². The quantitative estimate of drug-likeness (QED) is 0.467. The van der Waals surface area contributed by atoms with E-state index in [1.807, 2.05) is 19.0 Å². The molecule has 0 saturated heterocycles. The first-order valence-corrected chi connectivity index (χ1v) is 6.37. The number of nitro groups is 1. The molecule has 7 nitrogen and oxygen atoms in total. The summed E-state index contributed by atoms with van der Waals surface area (Å²) in [6.07, 6.45) is 0. The third-order valence-corrected chi connectivity index (χ3v) is 2.74. The molecule has 0 atom stereocenters. The number of anilines is 1. The van der Waals surface area contributed by atoms with Crippen molar-refractivity contribution < 1.29 is 9.66 Å². The smallest absolute Gasteiger partial charge is 0.273 e. The van der Waals surface area contributed by atoms with Crippen LogP contribution >= 0.6 is 12.2 Å². The van der Waals surface area contributed by atoms with Gasteiger partial charge >= 0.3 is 0 Å². The number of non-ortho nitro benzene ring substituents is 1. The number of nitrogens with zero attached hydrogens (tertiary/aromatic N) is 2. The van der Waals surface area contributed by atoms with Crippen molar-refractivity contribution in [3.63, 3.8) is 0 Å². The Morgan fingerprint density at radius 2 is 2.20 bits per heavy atom. The van der Waals surface area contributed by atoms with Crippen LogP contribution < -0.4 is 15.4 Å². The lowest BCUT2D eigenvalue weighted by Crippen LogP contribution is -2.34. The molecule has 110 valence electrons. The van der Waals surface area contributed by atoms with Crippen molar-refractivity contribution in [3.8, 4) is 5.75 Å². The van der Waals surface area contributed by atoms with Gasteiger partial charge in [-0.05, 0) is 32.4 Å². The van der Waals surface area contributed by atoms with Crippen molar-refractivity contribution in [2.45, 2.75) is 0 Å². The number of hydrogen-bond donors (Lipinski definition) is 2. The molecule has 2 N–H and O–H groups in total. The Hall–Kier alpha value is -1.93. The number of benzene rings is 1. The predicted octanol–water partition coefficient (Wildman–Crippen LogP) is 1.45. The van der Waals surface area contributed by atoms with Crippen LogP contribution in [0.3, 0.4) is 0 Å². The molecule has 0 fully saturated rings. The van der Waals surface area contributed by atoms with Crippen LogP contribution in [0.25, 0.3) is 0 Å². The molecule has 0 spiro atoms. The molecule has 0 aliphatic carbocycles. The van der Waals surface area contributed by atoms with Crippen molar-refractivity contribution in [2.75, 3.05) is 39.6 Å². The summed E-state index contributed by atoms with van der Waals surface area (Å²) in [5.74, 6) is 0.371. The van der Waals surface area contributed by atoms with E-state index in [0.717, 1.165) is 6.54 Å². The van der Waals surface area contributed by atoms with Crippen molar-refractivity contribution in [3.05, 3.63) is 28.3 Å². The molecule has 0 saturated carbocycles. The van der Waals surface area contributed by atoms with Gasteiger partial charge in [0, 0.05) is 19.2 Å². The minimum absolute atomic E-state index is 0.0288. The van der Waals surface area contributed by atoms with Crippen LogP contribution in [0.1, 0.15) is 0 Å². The van der Waals surface area contributed by atoms with E-state index in [9.17, 15) is 10.1 Å². The van der Waals surface area contributed by atoms with Gasteiger partial charge in [0.2, 0.25) is 0 Å². The number of hydrogen-bond acceptors (Lipinski definition) is 5. The highest BCUT2D eigenvalue weighted by Gasteiger charge is 2.12. The summed E-state index contributed by atoms with van der Waals surface area (Å²) in [5, 5.41) is 17.1. The molecule has 0 aliphatic heterocycles. The Labute approximate surface area is 123 Å². The third-order valence-electron chi connectivity index (χ3n) is 2.49. The van der Waals surface area contributed by atoms with Gasteiger partial charge < -0.3 is 20.3 Å². The minimum atomic E-state index is -0.472. The van der Waals surface area contributed by atoms with E-state index in [-0.39, 0.29) is 5.69 Å². The van der Waals surface area contributed by atoms with Crippen LogP contribution in [-0.2, 0) is 0 Å². The van der Waals surface area contributed by atoms with Crippen molar-refractivity contribution in [2.24, 2.45) is 0 Å². The maximum absolute atomic E-state index is 10.7. The maximum Gasteiger partial charge on any atom is 0.273 e. The second-order valence-electron chi connectivity index (χ2n) is 4.33. The summed E-state index contributed by atoms with van der Waals surface area (Å²) in [5.41, 5.74) is 0.555. The van der Waals surface area contributed by atoms with Gasteiger partial charge in [-0.1, -0.05) is 0 Å². The number of likely N-dealkylation sites (N-methyl/N-ethyl adjacent to an activating group) is 1. The van der Waals surface area contributed by atoms with Gasteiger partial charge in [0.1, 0.15) is 5.75 Å². The van der Waals surface area contributed by atoms with Crippen LogP contribution in [0.15, 0.2) is 18.2 Å². The van der Waals surface area contributed by atoms with Gasteiger partial charge in [0.25, 0.3) is 5.69 Å². The number of methoxy groups -OCH3 is 1. The van der Waals surface area contributed by atoms with Gasteiger partial charge in [-0.25, -0.2) is 0 Å². The summed E-state index contributed by atoms with van der Waals surface area (Å²) in [7, 11) is 5.39. The summed E-state index contributed by atoms with van der Waals surface area (Å²) < 4.78 is 5.12. The fourth-order valence-electron chi connectivity index (χ4n) is 1.46. The topological polar surface area (TPSA) is 79.7 Å². The molecular formula is C12H18N4O3S. The Morgan fingerprint density at radius 1 is 1.50 bits per heavy atom. The van der Waals surface area contributed by atoms with Gasteiger partial charge in [-0.2, -0.15) is 0 Å². The molecule has 0 amide bonds. The minimum Gasteiger partial charge on any atom is -0.494 e. The van der Waals surface area contributed by atoms with Crippen LogP contribution in [0.5, 0.6) is 5.75 Å². The molecule has 0 bridgehead atoms. The zero-order valence-electron chi connectivity index (χ0n) is 11.7. The average molecular weight is 298 g/mol.